The van der Waals surface area contributed by atoms with Gasteiger partial charge in [0.1, 0.15) is 0 Å². The van der Waals surface area contributed by atoms with Gasteiger partial charge in [-0.2, -0.15) is 0 Å². The van der Waals surface area contributed by atoms with Crippen molar-refractivity contribution >= 4 is 0 Å². The van der Waals surface area contributed by atoms with Crippen LogP contribution in [0, 0.1) is 5.92 Å². The van der Waals surface area contributed by atoms with Crippen molar-refractivity contribution in [2.24, 2.45) is 5.92 Å². The fourth-order valence-corrected chi connectivity index (χ4v) is 2.45. The van der Waals surface area contributed by atoms with Crippen LogP contribution >= 0.6 is 0 Å². The van der Waals surface area contributed by atoms with E-state index >= 15 is 0 Å². The van der Waals surface area contributed by atoms with Gasteiger partial charge in [0, 0.05) is 25.2 Å². The van der Waals surface area contributed by atoms with Gasteiger partial charge in [0.25, 0.3) is 0 Å². The molecular formula is C13H28N2. The van der Waals surface area contributed by atoms with Crippen molar-refractivity contribution in [3.05, 3.63) is 0 Å². The van der Waals surface area contributed by atoms with Crippen LogP contribution in [0.1, 0.15) is 47.0 Å². The highest BCUT2D eigenvalue weighted by Gasteiger charge is 2.28. The molecule has 1 aliphatic heterocycles. The molecule has 0 saturated carbocycles. The van der Waals surface area contributed by atoms with Crippen molar-refractivity contribution in [1.29, 1.82) is 0 Å². The summed E-state index contributed by atoms with van der Waals surface area (Å²) in [6.07, 6.45) is 3.92. The molecule has 1 saturated heterocycles. The summed E-state index contributed by atoms with van der Waals surface area (Å²) in [4.78, 5) is 2.71. The highest BCUT2D eigenvalue weighted by molar-refractivity contribution is 4.86. The number of piperazine rings is 1. The van der Waals surface area contributed by atoms with E-state index in [9.17, 15) is 0 Å². The lowest BCUT2D eigenvalue weighted by molar-refractivity contribution is 0.0958. The highest BCUT2D eigenvalue weighted by Crippen LogP contribution is 2.16. The van der Waals surface area contributed by atoms with Crippen molar-refractivity contribution in [1.82, 2.24) is 10.2 Å². The van der Waals surface area contributed by atoms with Crippen LogP contribution in [0.15, 0.2) is 0 Å². The largest absolute Gasteiger partial charge is 0.311 e. The molecule has 2 nitrogen and oxygen atoms in total. The Balaban J connectivity index is 2.48. The minimum absolute atomic E-state index is 0.719. The Morgan fingerprint density at radius 2 is 2.07 bits per heavy atom. The highest BCUT2D eigenvalue weighted by atomic mass is 15.2. The summed E-state index contributed by atoms with van der Waals surface area (Å²) in [6, 6.07) is 1.47. The van der Waals surface area contributed by atoms with Gasteiger partial charge in [-0.05, 0) is 25.3 Å². The number of nitrogens with one attached hydrogen (secondary N) is 1. The van der Waals surface area contributed by atoms with Gasteiger partial charge >= 0.3 is 0 Å². The summed E-state index contributed by atoms with van der Waals surface area (Å²) in [7, 11) is 0. The molecule has 2 heteroatoms. The topological polar surface area (TPSA) is 15.3 Å². The van der Waals surface area contributed by atoms with Gasteiger partial charge in [-0.15, -0.1) is 0 Å². The van der Waals surface area contributed by atoms with Crippen molar-refractivity contribution in [3.63, 3.8) is 0 Å². The summed E-state index contributed by atoms with van der Waals surface area (Å²) < 4.78 is 0. The molecule has 0 aromatic rings. The van der Waals surface area contributed by atoms with Gasteiger partial charge in [0.2, 0.25) is 0 Å². The number of hydrogen-bond acceptors (Lipinski definition) is 2. The lowest BCUT2D eigenvalue weighted by Gasteiger charge is -2.42. The second-order valence-corrected chi connectivity index (χ2v) is 5.17. The predicted octanol–water partition coefficient (Wildman–Crippen LogP) is 2.49. The average molecular weight is 212 g/mol. The van der Waals surface area contributed by atoms with E-state index in [0.29, 0.717) is 0 Å². The van der Waals surface area contributed by atoms with Crippen LogP contribution in [0.2, 0.25) is 0 Å². The zero-order chi connectivity index (χ0) is 11.3. The van der Waals surface area contributed by atoms with E-state index < -0.39 is 0 Å². The molecule has 0 aliphatic carbocycles. The SMILES string of the molecule is CCCCN1CC(CC)NCC1C(C)C. The van der Waals surface area contributed by atoms with E-state index in [1.165, 1.54) is 38.9 Å². The molecule has 15 heavy (non-hydrogen) atoms. The molecule has 0 radical (unpaired) electrons. The van der Waals surface area contributed by atoms with E-state index in [2.05, 4.69) is 37.9 Å². The van der Waals surface area contributed by atoms with E-state index in [1.54, 1.807) is 0 Å². The number of unbranched alkanes of at least 4 members (excludes halogenated alkanes) is 1. The summed E-state index contributed by atoms with van der Waals surface area (Å²) in [5.74, 6) is 0.771. The van der Waals surface area contributed by atoms with Gasteiger partial charge < -0.3 is 5.32 Å². The molecule has 1 rings (SSSR count). The summed E-state index contributed by atoms with van der Waals surface area (Å²) in [5.41, 5.74) is 0. The Kier molecular flexibility index (Phi) is 5.62. The minimum atomic E-state index is 0.719. The smallest absolute Gasteiger partial charge is 0.0244 e. The molecule has 2 unspecified atom stereocenters. The normalized spacial score (nSPS) is 28.6. The summed E-state index contributed by atoms with van der Waals surface area (Å²) in [6.45, 7) is 13.0. The second-order valence-electron chi connectivity index (χ2n) is 5.17. The Hall–Kier alpha value is -0.0800. The summed E-state index contributed by atoms with van der Waals surface area (Å²) >= 11 is 0. The Morgan fingerprint density at radius 3 is 2.60 bits per heavy atom. The van der Waals surface area contributed by atoms with E-state index in [1.807, 2.05) is 0 Å². The molecule has 1 N–H and O–H groups in total. The van der Waals surface area contributed by atoms with E-state index in [-0.39, 0.29) is 0 Å². The second kappa shape index (κ2) is 6.49. The molecule has 0 spiro atoms. The standard InChI is InChI=1S/C13H28N2/c1-5-7-8-15-10-12(6-2)14-9-13(15)11(3)4/h11-14H,5-10H2,1-4H3. The first-order valence-corrected chi connectivity index (χ1v) is 6.66. The Bertz CT molecular complexity index is 168. The molecule has 0 aromatic heterocycles. The maximum Gasteiger partial charge on any atom is 0.0244 e. The molecule has 1 aliphatic rings. The summed E-state index contributed by atoms with van der Waals surface area (Å²) in [5, 5.41) is 3.66. The quantitative estimate of drug-likeness (QED) is 0.753. The maximum absolute atomic E-state index is 3.66. The molecule has 0 bridgehead atoms. The minimum Gasteiger partial charge on any atom is -0.311 e. The van der Waals surface area contributed by atoms with Gasteiger partial charge in [0.15, 0.2) is 0 Å². The van der Waals surface area contributed by atoms with E-state index in [0.717, 1.165) is 18.0 Å². The molecular weight excluding hydrogens is 184 g/mol. The van der Waals surface area contributed by atoms with Crippen molar-refractivity contribution in [2.75, 3.05) is 19.6 Å². The van der Waals surface area contributed by atoms with Crippen LogP contribution in [0.5, 0.6) is 0 Å². The molecule has 90 valence electrons. The first-order chi connectivity index (χ1) is 7.19. The fraction of sp³-hybridized carbons (Fsp3) is 1.00. The molecule has 1 heterocycles. The van der Waals surface area contributed by atoms with Crippen LogP contribution < -0.4 is 5.32 Å². The molecule has 0 aromatic carbocycles. The van der Waals surface area contributed by atoms with Gasteiger partial charge in [-0.25, -0.2) is 0 Å². The zero-order valence-electron chi connectivity index (χ0n) is 10.9. The number of rotatable bonds is 5. The first kappa shape index (κ1) is 13.0. The van der Waals surface area contributed by atoms with Crippen molar-refractivity contribution in [2.45, 2.75) is 59.0 Å². The third-order valence-electron chi connectivity index (χ3n) is 3.60. The predicted molar refractivity (Wildman–Crippen MR) is 67.2 cm³/mol. The lowest BCUT2D eigenvalue weighted by atomic mass is 9.97. The zero-order valence-corrected chi connectivity index (χ0v) is 10.9. The number of hydrogen-bond donors (Lipinski definition) is 1. The number of nitrogens with zero attached hydrogens (tertiary/aromatic N) is 1. The lowest BCUT2D eigenvalue weighted by Crippen LogP contribution is -2.58. The van der Waals surface area contributed by atoms with Crippen LogP contribution in [-0.2, 0) is 0 Å². The Morgan fingerprint density at radius 1 is 1.33 bits per heavy atom. The van der Waals surface area contributed by atoms with Gasteiger partial charge in [0.05, 0.1) is 0 Å². The average Bonchev–Trinajstić information content (AvgIpc) is 2.25. The fourth-order valence-electron chi connectivity index (χ4n) is 2.45. The third-order valence-corrected chi connectivity index (χ3v) is 3.60. The third kappa shape index (κ3) is 3.76. The van der Waals surface area contributed by atoms with Crippen molar-refractivity contribution in [3.8, 4) is 0 Å². The van der Waals surface area contributed by atoms with Crippen molar-refractivity contribution < 1.29 is 0 Å². The molecule has 0 amide bonds. The monoisotopic (exact) mass is 212 g/mol. The van der Waals surface area contributed by atoms with E-state index in [4.69, 9.17) is 0 Å². The van der Waals surface area contributed by atoms with Crippen LogP contribution in [0.3, 0.4) is 0 Å². The van der Waals surface area contributed by atoms with Gasteiger partial charge in [-0.1, -0.05) is 34.1 Å². The maximum atomic E-state index is 3.66. The first-order valence-electron chi connectivity index (χ1n) is 6.66. The molecule has 1 fully saturated rings. The van der Waals surface area contributed by atoms with Crippen LogP contribution in [-0.4, -0.2) is 36.6 Å². The van der Waals surface area contributed by atoms with Crippen LogP contribution in [0.25, 0.3) is 0 Å². The molecule has 2 atom stereocenters. The van der Waals surface area contributed by atoms with Gasteiger partial charge in [-0.3, -0.25) is 4.90 Å². The Labute approximate surface area is 95.4 Å². The van der Waals surface area contributed by atoms with Crippen LogP contribution in [0.4, 0.5) is 0 Å².